The molecule has 28 heavy (non-hydrogen) atoms. The molecular weight excluding hydrogens is 350 g/mol. The minimum atomic E-state index is -0.00313. The Bertz CT molecular complexity index is 689. The van der Waals surface area contributed by atoms with E-state index in [9.17, 15) is 4.79 Å². The van der Waals surface area contributed by atoms with E-state index >= 15 is 0 Å². The highest BCUT2D eigenvalue weighted by Crippen LogP contribution is 2.26. The van der Waals surface area contributed by atoms with E-state index in [-0.39, 0.29) is 5.91 Å². The fourth-order valence-electron chi connectivity index (χ4n) is 4.66. The van der Waals surface area contributed by atoms with E-state index in [1.165, 1.54) is 58.3 Å². The summed E-state index contributed by atoms with van der Waals surface area (Å²) < 4.78 is 5.68. The average molecular weight is 384 g/mol. The zero-order chi connectivity index (χ0) is 19.2. The highest BCUT2D eigenvalue weighted by molar-refractivity contribution is 5.99. The van der Waals surface area contributed by atoms with Crippen LogP contribution in [0.2, 0.25) is 0 Å². The van der Waals surface area contributed by atoms with Crippen molar-refractivity contribution in [2.75, 3.05) is 45.9 Å². The molecule has 0 unspecified atom stereocenters. The number of hydrogen-bond donors (Lipinski definition) is 1. The first kappa shape index (κ1) is 19.5. The van der Waals surface area contributed by atoms with E-state index in [0.29, 0.717) is 12.2 Å². The van der Waals surface area contributed by atoms with Gasteiger partial charge in [0, 0.05) is 44.3 Å². The Balaban J connectivity index is 1.14. The van der Waals surface area contributed by atoms with Crippen molar-refractivity contribution in [2.45, 2.75) is 44.6 Å². The van der Waals surface area contributed by atoms with Crippen molar-refractivity contribution in [1.82, 2.24) is 15.1 Å². The van der Waals surface area contributed by atoms with Crippen LogP contribution in [0.25, 0.3) is 6.08 Å². The normalized spacial score (nSPS) is 21.5. The zero-order valence-corrected chi connectivity index (χ0v) is 16.9. The molecule has 2 heterocycles. The van der Waals surface area contributed by atoms with Crippen molar-refractivity contribution in [2.24, 2.45) is 0 Å². The Labute approximate surface area is 168 Å². The van der Waals surface area contributed by atoms with Crippen LogP contribution in [0.15, 0.2) is 29.8 Å². The van der Waals surface area contributed by atoms with Gasteiger partial charge in [0.25, 0.3) is 5.91 Å². The van der Waals surface area contributed by atoms with Crippen LogP contribution >= 0.6 is 0 Å². The molecule has 3 aliphatic rings. The van der Waals surface area contributed by atoms with Crippen molar-refractivity contribution in [3.8, 4) is 5.75 Å². The second-order valence-corrected chi connectivity index (χ2v) is 8.27. The Hall–Kier alpha value is -1.85. The Morgan fingerprint density at radius 1 is 1.07 bits per heavy atom. The number of amides is 1. The van der Waals surface area contributed by atoms with Crippen LogP contribution in [-0.4, -0.2) is 67.6 Å². The van der Waals surface area contributed by atoms with E-state index in [1.807, 2.05) is 30.3 Å². The molecule has 0 spiro atoms. The molecule has 2 aliphatic heterocycles. The van der Waals surface area contributed by atoms with Crippen LogP contribution in [0.5, 0.6) is 5.75 Å². The van der Waals surface area contributed by atoms with E-state index in [0.717, 1.165) is 36.9 Å². The molecule has 152 valence electrons. The lowest BCUT2D eigenvalue weighted by Crippen LogP contribution is -2.51. The lowest BCUT2D eigenvalue weighted by Gasteiger charge is -2.40. The third kappa shape index (κ3) is 4.95. The smallest absolute Gasteiger partial charge is 0.250 e. The van der Waals surface area contributed by atoms with Gasteiger partial charge in [0.05, 0.1) is 5.57 Å². The second-order valence-electron chi connectivity index (χ2n) is 8.27. The lowest BCUT2D eigenvalue weighted by molar-refractivity contribution is -0.117. The monoisotopic (exact) mass is 383 g/mol. The molecule has 5 heteroatoms. The summed E-state index contributed by atoms with van der Waals surface area (Å²) in [5.41, 5.74) is 1.69. The number of benzene rings is 1. The second kappa shape index (κ2) is 9.57. The van der Waals surface area contributed by atoms with E-state index < -0.39 is 0 Å². The predicted octanol–water partition coefficient (Wildman–Crippen LogP) is 2.92. The van der Waals surface area contributed by atoms with Gasteiger partial charge in [0.1, 0.15) is 12.4 Å². The summed E-state index contributed by atoms with van der Waals surface area (Å²) in [5.74, 6) is 0.850. The molecule has 2 fully saturated rings. The topological polar surface area (TPSA) is 44.8 Å². The summed E-state index contributed by atoms with van der Waals surface area (Å²) >= 11 is 0. The van der Waals surface area contributed by atoms with E-state index in [4.69, 9.17) is 4.74 Å². The molecular formula is C23H33N3O2. The molecule has 0 atom stereocenters. The summed E-state index contributed by atoms with van der Waals surface area (Å²) in [6.07, 6.45) is 10.00. The molecule has 0 bridgehead atoms. The maximum absolute atomic E-state index is 12.4. The van der Waals surface area contributed by atoms with Crippen molar-refractivity contribution in [1.29, 1.82) is 0 Å². The number of rotatable bonds is 6. The molecule has 1 saturated carbocycles. The Morgan fingerprint density at radius 2 is 1.86 bits per heavy atom. The van der Waals surface area contributed by atoms with Crippen LogP contribution in [0.3, 0.4) is 0 Å². The summed E-state index contributed by atoms with van der Waals surface area (Å²) in [6, 6.07) is 8.68. The number of para-hydroxylation sites is 1. The van der Waals surface area contributed by atoms with Gasteiger partial charge in [-0.3, -0.25) is 9.69 Å². The fraction of sp³-hybridized carbons (Fsp3) is 0.609. The minimum Gasteiger partial charge on any atom is -0.488 e. The number of fused-ring (bicyclic) bond motifs is 1. The number of carbonyl (C=O) groups is 1. The van der Waals surface area contributed by atoms with Crippen LogP contribution in [0.4, 0.5) is 0 Å². The van der Waals surface area contributed by atoms with Crippen molar-refractivity contribution < 1.29 is 9.53 Å². The number of nitrogens with one attached hydrogen (secondary N) is 1. The van der Waals surface area contributed by atoms with Gasteiger partial charge in [-0.25, -0.2) is 0 Å². The molecule has 4 rings (SSSR count). The summed E-state index contributed by atoms with van der Waals surface area (Å²) in [5, 5.41) is 3.06. The van der Waals surface area contributed by atoms with Gasteiger partial charge in [0.2, 0.25) is 0 Å². The quantitative estimate of drug-likeness (QED) is 0.767. The first-order valence-electron chi connectivity index (χ1n) is 11.0. The van der Waals surface area contributed by atoms with Gasteiger partial charge in [-0.15, -0.1) is 0 Å². The highest BCUT2D eigenvalue weighted by Gasteiger charge is 2.24. The zero-order valence-electron chi connectivity index (χ0n) is 16.9. The molecule has 0 aromatic heterocycles. The largest absolute Gasteiger partial charge is 0.488 e. The molecule has 1 aromatic carbocycles. The van der Waals surface area contributed by atoms with Crippen LogP contribution in [-0.2, 0) is 4.79 Å². The minimum absolute atomic E-state index is 0.00313. The van der Waals surface area contributed by atoms with Gasteiger partial charge in [-0.05, 0) is 37.9 Å². The first-order valence-corrected chi connectivity index (χ1v) is 11.0. The van der Waals surface area contributed by atoms with Crippen LogP contribution in [0.1, 0.15) is 44.1 Å². The van der Waals surface area contributed by atoms with Crippen molar-refractivity contribution in [3.63, 3.8) is 0 Å². The Kier molecular flexibility index (Phi) is 6.65. The molecule has 1 aromatic rings. The van der Waals surface area contributed by atoms with Crippen molar-refractivity contribution >= 4 is 12.0 Å². The van der Waals surface area contributed by atoms with Gasteiger partial charge in [-0.2, -0.15) is 0 Å². The van der Waals surface area contributed by atoms with Gasteiger partial charge in [0.15, 0.2) is 0 Å². The lowest BCUT2D eigenvalue weighted by atomic mass is 9.94. The predicted molar refractivity (Wildman–Crippen MR) is 112 cm³/mol. The van der Waals surface area contributed by atoms with Gasteiger partial charge >= 0.3 is 0 Å². The number of ether oxygens (including phenoxy) is 1. The maximum atomic E-state index is 12.4. The number of piperazine rings is 1. The number of nitrogens with zero attached hydrogens (tertiary/aromatic N) is 2. The molecule has 1 amide bonds. The molecule has 1 N–H and O–H groups in total. The van der Waals surface area contributed by atoms with E-state index in [1.54, 1.807) is 0 Å². The molecule has 1 saturated heterocycles. The molecule has 0 radical (unpaired) electrons. The highest BCUT2D eigenvalue weighted by atomic mass is 16.5. The molecule has 5 nitrogen and oxygen atoms in total. The number of carbonyl (C=O) groups excluding carboxylic acids is 1. The summed E-state index contributed by atoms with van der Waals surface area (Å²) in [4.78, 5) is 17.7. The third-order valence-electron chi connectivity index (χ3n) is 6.36. The first-order chi connectivity index (χ1) is 13.8. The Morgan fingerprint density at radius 3 is 2.68 bits per heavy atom. The van der Waals surface area contributed by atoms with Crippen LogP contribution in [0, 0.1) is 0 Å². The van der Waals surface area contributed by atoms with Gasteiger partial charge in [-0.1, -0.05) is 37.5 Å². The molecule has 1 aliphatic carbocycles. The van der Waals surface area contributed by atoms with Gasteiger partial charge < -0.3 is 15.0 Å². The average Bonchev–Trinajstić information content (AvgIpc) is 2.77. The standard InChI is InChI=1S/C23H33N3O2/c27-23(20-17-19-7-4-5-10-22(19)28-18-20)24-11-6-12-25-13-15-26(16-14-25)21-8-2-1-3-9-21/h4-5,7,10,17,21H,1-3,6,8-9,11-16,18H2,(H,24,27). The summed E-state index contributed by atoms with van der Waals surface area (Å²) in [7, 11) is 0. The SMILES string of the molecule is O=C(NCCCN1CCN(C2CCCCC2)CC1)C1=Cc2ccccc2OC1. The summed E-state index contributed by atoms with van der Waals surface area (Å²) in [6.45, 7) is 6.89. The number of hydrogen-bond acceptors (Lipinski definition) is 4. The third-order valence-corrected chi connectivity index (χ3v) is 6.36. The fourth-order valence-corrected chi connectivity index (χ4v) is 4.66. The van der Waals surface area contributed by atoms with E-state index in [2.05, 4.69) is 15.1 Å². The maximum Gasteiger partial charge on any atom is 0.250 e. The van der Waals surface area contributed by atoms with Crippen molar-refractivity contribution in [3.05, 3.63) is 35.4 Å². The van der Waals surface area contributed by atoms with Crippen LogP contribution < -0.4 is 10.1 Å².